The molecule has 2 rings (SSSR count). The molecule has 0 saturated carbocycles. The summed E-state index contributed by atoms with van der Waals surface area (Å²) < 4.78 is 1.40. The fourth-order valence-corrected chi connectivity index (χ4v) is 2.56. The quantitative estimate of drug-likeness (QED) is 0.828. The van der Waals surface area contributed by atoms with Crippen LogP contribution in [0.5, 0.6) is 0 Å². The van der Waals surface area contributed by atoms with E-state index in [9.17, 15) is 4.79 Å². The van der Waals surface area contributed by atoms with Crippen molar-refractivity contribution in [2.45, 2.75) is 24.3 Å². The van der Waals surface area contributed by atoms with Gasteiger partial charge in [0.05, 0.1) is 0 Å². The van der Waals surface area contributed by atoms with E-state index in [1.807, 2.05) is 18.2 Å². The average molecular weight is 260 g/mol. The molecule has 2 aromatic rings. The molecule has 0 bridgehead atoms. The van der Waals surface area contributed by atoms with E-state index in [4.69, 9.17) is 0 Å². The third kappa shape index (κ3) is 3.74. The minimum Gasteiger partial charge on any atom is -0.273 e. The van der Waals surface area contributed by atoms with E-state index < -0.39 is 0 Å². The van der Waals surface area contributed by atoms with Crippen molar-refractivity contribution in [3.63, 3.8) is 0 Å². The molecule has 0 radical (unpaired) electrons. The van der Waals surface area contributed by atoms with E-state index >= 15 is 0 Å². The standard InChI is InChI=1S/C14H16N2OS/c1-12(10-14(17)16-9-5-8-15-16)18-11-13-6-3-2-4-7-13/h2-9,12H,10-11H2,1H3/t12-/m1/s1. The maximum absolute atomic E-state index is 11.8. The molecule has 0 aliphatic rings. The molecule has 0 amide bonds. The van der Waals surface area contributed by atoms with Crippen LogP contribution >= 0.6 is 11.8 Å². The number of nitrogens with zero attached hydrogens (tertiary/aromatic N) is 2. The Hall–Kier alpha value is -1.55. The number of carbonyl (C=O) groups is 1. The summed E-state index contributed by atoms with van der Waals surface area (Å²) in [6, 6.07) is 12.1. The predicted octanol–water partition coefficient (Wildman–Crippen LogP) is 3.24. The number of benzene rings is 1. The highest BCUT2D eigenvalue weighted by atomic mass is 32.2. The zero-order valence-corrected chi connectivity index (χ0v) is 11.1. The summed E-state index contributed by atoms with van der Waals surface area (Å²) in [6.45, 7) is 2.08. The summed E-state index contributed by atoms with van der Waals surface area (Å²) in [5.74, 6) is 0.988. The first kappa shape index (κ1) is 12.9. The molecule has 1 heterocycles. The van der Waals surface area contributed by atoms with Crippen molar-refractivity contribution in [1.82, 2.24) is 9.78 Å². The summed E-state index contributed by atoms with van der Waals surface area (Å²) >= 11 is 1.79. The molecule has 0 fully saturated rings. The van der Waals surface area contributed by atoms with E-state index in [2.05, 4.69) is 24.2 Å². The zero-order chi connectivity index (χ0) is 12.8. The van der Waals surface area contributed by atoms with Gasteiger partial charge in [0.15, 0.2) is 0 Å². The van der Waals surface area contributed by atoms with E-state index in [1.165, 1.54) is 10.2 Å². The van der Waals surface area contributed by atoms with Crippen LogP contribution in [0.1, 0.15) is 23.7 Å². The van der Waals surface area contributed by atoms with Gasteiger partial charge in [-0.25, -0.2) is 4.68 Å². The first-order valence-electron chi connectivity index (χ1n) is 5.94. The largest absolute Gasteiger partial charge is 0.273 e. The Morgan fingerprint density at radius 2 is 2.11 bits per heavy atom. The highest BCUT2D eigenvalue weighted by Crippen LogP contribution is 2.20. The van der Waals surface area contributed by atoms with Gasteiger partial charge in [-0.15, -0.1) is 0 Å². The van der Waals surface area contributed by atoms with Gasteiger partial charge in [0.25, 0.3) is 0 Å². The highest BCUT2D eigenvalue weighted by molar-refractivity contribution is 7.99. The smallest absolute Gasteiger partial charge is 0.247 e. The van der Waals surface area contributed by atoms with Crippen LogP contribution in [-0.2, 0) is 5.75 Å². The maximum atomic E-state index is 11.8. The van der Waals surface area contributed by atoms with Crippen LogP contribution in [0.15, 0.2) is 48.8 Å². The van der Waals surface area contributed by atoms with Gasteiger partial charge in [-0.2, -0.15) is 16.9 Å². The van der Waals surface area contributed by atoms with Crippen LogP contribution in [0.25, 0.3) is 0 Å². The lowest BCUT2D eigenvalue weighted by atomic mass is 10.2. The maximum Gasteiger partial charge on any atom is 0.247 e. The Morgan fingerprint density at radius 3 is 2.78 bits per heavy atom. The molecule has 4 heteroatoms. The SMILES string of the molecule is C[C@H](CC(=O)n1cccn1)SCc1ccccc1. The number of thioether (sulfide) groups is 1. The fourth-order valence-electron chi connectivity index (χ4n) is 1.63. The van der Waals surface area contributed by atoms with Crippen molar-refractivity contribution >= 4 is 17.7 Å². The fraction of sp³-hybridized carbons (Fsp3) is 0.286. The molecule has 0 aliphatic heterocycles. The summed E-state index contributed by atoms with van der Waals surface area (Å²) in [4.78, 5) is 11.8. The Morgan fingerprint density at radius 1 is 1.33 bits per heavy atom. The Labute approximate surface area is 111 Å². The molecular weight excluding hydrogens is 244 g/mol. The average Bonchev–Trinajstić information content (AvgIpc) is 2.91. The van der Waals surface area contributed by atoms with E-state index in [1.54, 1.807) is 30.2 Å². The van der Waals surface area contributed by atoms with Gasteiger partial charge in [0, 0.05) is 29.8 Å². The van der Waals surface area contributed by atoms with Gasteiger partial charge in [-0.05, 0) is 11.6 Å². The Kier molecular flexibility index (Phi) is 4.59. The summed E-state index contributed by atoms with van der Waals surface area (Å²) in [7, 11) is 0. The second-order valence-corrected chi connectivity index (χ2v) is 5.58. The third-order valence-electron chi connectivity index (χ3n) is 2.60. The molecule has 0 spiro atoms. The van der Waals surface area contributed by atoms with Crippen LogP contribution in [0, 0.1) is 0 Å². The van der Waals surface area contributed by atoms with Crippen molar-refractivity contribution in [2.75, 3.05) is 0 Å². The van der Waals surface area contributed by atoms with Gasteiger partial charge in [0.1, 0.15) is 0 Å². The van der Waals surface area contributed by atoms with Gasteiger partial charge < -0.3 is 0 Å². The summed E-state index contributed by atoms with van der Waals surface area (Å²) in [5.41, 5.74) is 1.29. The van der Waals surface area contributed by atoms with E-state index in [0.29, 0.717) is 11.7 Å². The second kappa shape index (κ2) is 6.40. The molecule has 3 nitrogen and oxygen atoms in total. The molecule has 1 aromatic heterocycles. The number of aromatic nitrogens is 2. The lowest BCUT2D eigenvalue weighted by molar-refractivity contribution is 0.0888. The van der Waals surface area contributed by atoms with Crippen LogP contribution in [0.4, 0.5) is 0 Å². The van der Waals surface area contributed by atoms with Crippen molar-refractivity contribution in [2.24, 2.45) is 0 Å². The second-order valence-electron chi connectivity index (χ2n) is 4.16. The van der Waals surface area contributed by atoms with Gasteiger partial charge >= 0.3 is 0 Å². The number of hydrogen-bond donors (Lipinski definition) is 0. The normalized spacial score (nSPS) is 12.3. The lowest BCUT2D eigenvalue weighted by Gasteiger charge is -2.10. The molecular formula is C14H16N2OS. The van der Waals surface area contributed by atoms with Crippen molar-refractivity contribution in [3.8, 4) is 0 Å². The van der Waals surface area contributed by atoms with Crippen LogP contribution in [0.3, 0.4) is 0 Å². The van der Waals surface area contributed by atoms with Gasteiger partial charge in [0.2, 0.25) is 5.91 Å². The first-order valence-corrected chi connectivity index (χ1v) is 6.99. The van der Waals surface area contributed by atoms with E-state index in [-0.39, 0.29) is 5.91 Å². The van der Waals surface area contributed by atoms with Crippen molar-refractivity contribution in [1.29, 1.82) is 0 Å². The topological polar surface area (TPSA) is 34.9 Å². The molecule has 0 aliphatic carbocycles. The van der Waals surface area contributed by atoms with Crippen molar-refractivity contribution in [3.05, 3.63) is 54.4 Å². The minimum atomic E-state index is 0.0491. The van der Waals surface area contributed by atoms with Gasteiger partial charge in [-0.1, -0.05) is 37.3 Å². The number of carbonyl (C=O) groups excluding carboxylic acids is 1. The molecule has 1 aromatic carbocycles. The molecule has 18 heavy (non-hydrogen) atoms. The van der Waals surface area contributed by atoms with Gasteiger partial charge in [-0.3, -0.25) is 4.79 Å². The minimum absolute atomic E-state index is 0.0491. The first-order chi connectivity index (χ1) is 8.75. The van der Waals surface area contributed by atoms with Crippen LogP contribution < -0.4 is 0 Å². The number of rotatable bonds is 5. The zero-order valence-electron chi connectivity index (χ0n) is 10.3. The summed E-state index contributed by atoms with van der Waals surface area (Å²) in [5, 5.41) is 4.24. The molecule has 0 unspecified atom stereocenters. The van der Waals surface area contributed by atoms with Crippen molar-refractivity contribution < 1.29 is 4.79 Å². The molecule has 1 atom stereocenters. The van der Waals surface area contributed by atoms with Crippen LogP contribution in [0.2, 0.25) is 0 Å². The predicted molar refractivity (Wildman–Crippen MR) is 74.7 cm³/mol. The monoisotopic (exact) mass is 260 g/mol. The highest BCUT2D eigenvalue weighted by Gasteiger charge is 2.11. The Balaban J connectivity index is 1.79. The van der Waals surface area contributed by atoms with Crippen LogP contribution in [-0.4, -0.2) is 20.9 Å². The lowest BCUT2D eigenvalue weighted by Crippen LogP contribution is -2.15. The molecule has 0 saturated heterocycles. The molecule has 94 valence electrons. The summed E-state index contributed by atoms with van der Waals surface area (Å²) in [6.07, 6.45) is 3.83. The Bertz CT molecular complexity index is 482. The third-order valence-corrected chi connectivity index (χ3v) is 3.84. The number of hydrogen-bond acceptors (Lipinski definition) is 3. The van der Waals surface area contributed by atoms with E-state index in [0.717, 1.165) is 5.75 Å². The molecule has 0 N–H and O–H groups in total.